The van der Waals surface area contributed by atoms with Crippen molar-refractivity contribution >= 4 is 0 Å². The average molecular weight is 445 g/mol. The standard InChI is InChI=1S/C13H12O.C13H12.C7H8/c1-3-7-12(8-4-1)11-14-13-9-5-2-6-10-13;1-3-7-12(8-4-1)11-13-9-5-2-6-10-13;1-7-5-3-2-4-6-7/h1-10H,11H2;1-10H,11H2;2-6H,1H3. The van der Waals surface area contributed by atoms with Crippen molar-refractivity contribution in [3.05, 3.63) is 174 Å². The van der Waals surface area contributed by atoms with Crippen molar-refractivity contribution in [3.63, 3.8) is 0 Å². The van der Waals surface area contributed by atoms with Crippen LogP contribution in [0.15, 0.2) is 152 Å². The van der Waals surface area contributed by atoms with Crippen molar-refractivity contribution in [3.8, 4) is 5.75 Å². The van der Waals surface area contributed by atoms with Crippen molar-refractivity contribution in [1.82, 2.24) is 0 Å². The fourth-order valence-corrected chi connectivity index (χ4v) is 3.22. The maximum atomic E-state index is 5.59. The Morgan fingerprint density at radius 1 is 0.412 bits per heavy atom. The summed E-state index contributed by atoms with van der Waals surface area (Å²) in [6.45, 7) is 2.71. The molecule has 0 aliphatic rings. The van der Waals surface area contributed by atoms with Crippen LogP contribution >= 0.6 is 0 Å². The lowest BCUT2D eigenvalue weighted by Crippen LogP contribution is -1.94. The van der Waals surface area contributed by atoms with Gasteiger partial charge in [0.25, 0.3) is 0 Å². The van der Waals surface area contributed by atoms with Gasteiger partial charge in [0.05, 0.1) is 0 Å². The normalized spacial score (nSPS) is 9.56. The maximum Gasteiger partial charge on any atom is 0.119 e. The summed E-state index contributed by atoms with van der Waals surface area (Å²) in [5, 5.41) is 0. The Bertz CT molecular complexity index is 1060. The molecule has 1 heteroatoms. The van der Waals surface area contributed by atoms with Gasteiger partial charge < -0.3 is 4.74 Å². The summed E-state index contributed by atoms with van der Waals surface area (Å²) in [6, 6.07) is 51.3. The minimum Gasteiger partial charge on any atom is -0.489 e. The van der Waals surface area contributed by atoms with Gasteiger partial charge >= 0.3 is 0 Å². The predicted octanol–water partition coefficient (Wildman–Crippen LogP) is 8.54. The van der Waals surface area contributed by atoms with Gasteiger partial charge in [0, 0.05) is 0 Å². The molecule has 0 saturated carbocycles. The zero-order valence-electron chi connectivity index (χ0n) is 19.8. The van der Waals surface area contributed by atoms with Crippen molar-refractivity contribution in [2.75, 3.05) is 0 Å². The molecule has 170 valence electrons. The molecule has 0 unspecified atom stereocenters. The van der Waals surface area contributed by atoms with E-state index in [-0.39, 0.29) is 0 Å². The van der Waals surface area contributed by atoms with Gasteiger partial charge in [-0.25, -0.2) is 0 Å². The van der Waals surface area contributed by atoms with Gasteiger partial charge in [0.2, 0.25) is 0 Å². The van der Waals surface area contributed by atoms with Gasteiger partial charge in [0.1, 0.15) is 12.4 Å². The summed E-state index contributed by atoms with van der Waals surface area (Å²) in [5.41, 5.74) is 5.25. The Balaban J connectivity index is 0.000000151. The van der Waals surface area contributed by atoms with Crippen LogP contribution in [-0.2, 0) is 13.0 Å². The molecule has 5 aromatic rings. The van der Waals surface area contributed by atoms with E-state index in [4.69, 9.17) is 4.74 Å². The zero-order chi connectivity index (χ0) is 23.7. The molecule has 0 heterocycles. The topological polar surface area (TPSA) is 9.23 Å². The first-order valence-electron chi connectivity index (χ1n) is 11.6. The molecular weight excluding hydrogens is 412 g/mol. The van der Waals surface area contributed by atoms with Crippen LogP contribution in [0.4, 0.5) is 0 Å². The highest BCUT2D eigenvalue weighted by molar-refractivity contribution is 5.25. The molecular formula is C33H32O. The Morgan fingerprint density at radius 3 is 1.15 bits per heavy atom. The third kappa shape index (κ3) is 10.0. The number of benzene rings is 5. The fourth-order valence-electron chi connectivity index (χ4n) is 3.22. The minimum atomic E-state index is 0.630. The lowest BCUT2D eigenvalue weighted by molar-refractivity contribution is 0.306. The van der Waals surface area contributed by atoms with Gasteiger partial charge in [-0.1, -0.05) is 145 Å². The van der Waals surface area contributed by atoms with Crippen LogP contribution in [0.1, 0.15) is 22.3 Å². The van der Waals surface area contributed by atoms with Crippen LogP contribution in [0.25, 0.3) is 0 Å². The van der Waals surface area contributed by atoms with Gasteiger partial charge in [-0.3, -0.25) is 0 Å². The zero-order valence-corrected chi connectivity index (χ0v) is 19.8. The first-order chi connectivity index (χ1) is 16.8. The first kappa shape index (κ1) is 24.5. The van der Waals surface area contributed by atoms with Crippen molar-refractivity contribution < 1.29 is 4.74 Å². The van der Waals surface area contributed by atoms with Gasteiger partial charge in [0.15, 0.2) is 0 Å². The second-order valence-electron chi connectivity index (χ2n) is 7.89. The number of para-hydroxylation sites is 1. The van der Waals surface area contributed by atoms with E-state index in [0.717, 1.165) is 12.2 Å². The van der Waals surface area contributed by atoms with Crippen LogP contribution in [-0.4, -0.2) is 0 Å². The summed E-state index contributed by atoms with van der Waals surface area (Å²) in [4.78, 5) is 0. The third-order valence-electron chi connectivity index (χ3n) is 5.03. The lowest BCUT2D eigenvalue weighted by atomic mass is 10.1. The van der Waals surface area contributed by atoms with Crippen molar-refractivity contribution in [1.29, 1.82) is 0 Å². The molecule has 0 amide bonds. The van der Waals surface area contributed by atoms with Gasteiger partial charge in [-0.2, -0.15) is 0 Å². The van der Waals surface area contributed by atoms with E-state index in [2.05, 4.69) is 91.9 Å². The number of hydrogen-bond acceptors (Lipinski definition) is 1. The highest BCUT2D eigenvalue weighted by Gasteiger charge is 1.93. The fraction of sp³-hybridized carbons (Fsp3) is 0.0909. The molecule has 5 aromatic carbocycles. The smallest absolute Gasteiger partial charge is 0.119 e. The third-order valence-corrected chi connectivity index (χ3v) is 5.03. The average Bonchev–Trinajstić information content (AvgIpc) is 2.91. The Morgan fingerprint density at radius 2 is 0.765 bits per heavy atom. The van der Waals surface area contributed by atoms with E-state index in [1.165, 1.54) is 22.3 Å². The number of aryl methyl sites for hydroxylation is 1. The van der Waals surface area contributed by atoms with E-state index in [0.29, 0.717) is 6.61 Å². The first-order valence-corrected chi connectivity index (χ1v) is 11.6. The summed E-state index contributed by atoms with van der Waals surface area (Å²) >= 11 is 0. The quantitative estimate of drug-likeness (QED) is 0.264. The monoisotopic (exact) mass is 444 g/mol. The SMILES string of the molecule is Cc1ccccc1.c1ccc(COc2ccccc2)cc1.c1ccc(Cc2ccccc2)cc1. The molecule has 0 radical (unpaired) electrons. The molecule has 0 aliphatic heterocycles. The summed E-state index contributed by atoms with van der Waals surface area (Å²) in [5.74, 6) is 0.913. The van der Waals surface area contributed by atoms with Crippen molar-refractivity contribution in [2.24, 2.45) is 0 Å². The molecule has 34 heavy (non-hydrogen) atoms. The Labute approximate surface area is 204 Å². The minimum absolute atomic E-state index is 0.630. The van der Waals surface area contributed by atoms with Crippen LogP contribution in [0.3, 0.4) is 0 Å². The molecule has 0 aromatic heterocycles. The van der Waals surface area contributed by atoms with E-state index in [1.54, 1.807) is 0 Å². The highest BCUT2D eigenvalue weighted by Crippen LogP contribution is 2.11. The van der Waals surface area contributed by atoms with Crippen LogP contribution in [0.2, 0.25) is 0 Å². The molecule has 0 N–H and O–H groups in total. The van der Waals surface area contributed by atoms with Crippen LogP contribution < -0.4 is 4.74 Å². The molecule has 0 spiro atoms. The van der Waals surface area contributed by atoms with Gasteiger partial charge in [-0.05, 0) is 42.2 Å². The Hall–Kier alpha value is -4.10. The molecule has 0 bridgehead atoms. The molecule has 0 atom stereocenters. The molecule has 0 fully saturated rings. The number of rotatable bonds is 5. The largest absolute Gasteiger partial charge is 0.489 e. The molecule has 0 saturated heterocycles. The predicted molar refractivity (Wildman–Crippen MR) is 144 cm³/mol. The highest BCUT2D eigenvalue weighted by atomic mass is 16.5. The van der Waals surface area contributed by atoms with Gasteiger partial charge in [-0.15, -0.1) is 0 Å². The molecule has 1 nitrogen and oxygen atoms in total. The van der Waals surface area contributed by atoms with Crippen molar-refractivity contribution in [2.45, 2.75) is 20.0 Å². The van der Waals surface area contributed by atoms with E-state index in [9.17, 15) is 0 Å². The van der Waals surface area contributed by atoms with E-state index in [1.807, 2.05) is 66.7 Å². The van der Waals surface area contributed by atoms with Crippen LogP contribution in [0, 0.1) is 6.92 Å². The Kier molecular flexibility index (Phi) is 10.7. The molecule has 5 rings (SSSR count). The summed E-state index contributed by atoms with van der Waals surface area (Å²) < 4.78 is 5.59. The van der Waals surface area contributed by atoms with E-state index < -0.39 is 0 Å². The maximum absolute atomic E-state index is 5.59. The molecule has 0 aliphatic carbocycles. The summed E-state index contributed by atoms with van der Waals surface area (Å²) in [6.07, 6.45) is 1.03. The summed E-state index contributed by atoms with van der Waals surface area (Å²) in [7, 11) is 0. The van der Waals surface area contributed by atoms with Crippen LogP contribution in [0.5, 0.6) is 5.75 Å². The number of hydrogen-bond donors (Lipinski definition) is 0. The lowest BCUT2D eigenvalue weighted by Gasteiger charge is -2.05. The van der Waals surface area contributed by atoms with E-state index >= 15 is 0 Å². The number of ether oxygens (including phenoxy) is 1. The second kappa shape index (κ2) is 14.9. The second-order valence-corrected chi connectivity index (χ2v) is 7.89.